The van der Waals surface area contributed by atoms with Gasteiger partial charge in [-0.1, -0.05) is 55.1 Å². The van der Waals surface area contributed by atoms with Crippen molar-refractivity contribution in [1.29, 1.82) is 0 Å². The number of rotatable bonds is 6. The van der Waals surface area contributed by atoms with Crippen LogP contribution in [0, 0.1) is 6.92 Å². The molecule has 0 N–H and O–H groups in total. The predicted octanol–water partition coefficient (Wildman–Crippen LogP) is 5.77. The monoisotopic (exact) mass is 342 g/mol. The third-order valence-electron chi connectivity index (χ3n) is 4.91. The van der Waals surface area contributed by atoms with Gasteiger partial charge in [0.2, 0.25) is 0 Å². The lowest BCUT2D eigenvalue weighted by molar-refractivity contribution is 0.179. The Kier molecular flexibility index (Phi) is 4.49. The number of ether oxygens (including phenoxy) is 2. The number of hydrogen-bond acceptors (Lipinski definition) is 2. The second kappa shape index (κ2) is 7.09. The lowest BCUT2D eigenvalue weighted by atomic mass is 9.94. The minimum absolute atomic E-state index is 0.509. The van der Waals surface area contributed by atoms with E-state index in [1.807, 2.05) is 0 Å². The summed E-state index contributed by atoms with van der Waals surface area (Å²) in [6, 6.07) is 21.7. The molecule has 1 aliphatic rings. The van der Waals surface area contributed by atoms with Crippen molar-refractivity contribution in [2.45, 2.75) is 13.3 Å². The Bertz CT molecular complexity index is 956. The summed E-state index contributed by atoms with van der Waals surface area (Å²) in [6.07, 6.45) is 2.44. The van der Waals surface area contributed by atoms with Crippen LogP contribution in [0.1, 0.15) is 16.7 Å². The van der Waals surface area contributed by atoms with E-state index in [1.165, 1.54) is 39.6 Å². The first kappa shape index (κ1) is 16.5. The van der Waals surface area contributed by atoms with E-state index in [2.05, 4.69) is 74.2 Å². The molecule has 0 saturated heterocycles. The number of hydrogen-bond donors (Lipinski definition) is 0. The Hall–Kier alpha value is -3.00. The highest BCUT2D eigenvalue weighted by molar-refractivity contribution is 5.85. The van der Waals surface area contributed by atoms with Crippen LogP contribution < -0.4 is 4.74 Å². The molecule has 4 rings (SSSR count). The van der Waals surface area contributed by atoms with E-state index in [-0.39, 0.29) is 0 Å². The summed E-state index contributed by atoms with van der Waals surface area (Å²) in [5.41, 5.74) is 9.23. The molecular weight excluding hydrogens is 320 g/mol. The lowest BCUT2D eigenvalue weighted by Gasteiger charge is -2.13. The first-order chi connectivity index (χ1) is 12.8. The zero-order chi connectivity index (χ0) is 17.9. The molecule has 130 valence electrons. The summed E-state index contributed by atoms with van der Waals surface area (Å²) in [7, 11) is 0. The largest absolute Gasteiger partial charge is 0.498 e. The molecule has 3 aromatic carbocycles. The minimum atomic E-state index is 0.509. The maximum atomic E-state index is 5.80. The molecule has 2 heteroatoms. The van der Waals surface area contributed by atoms with Crippen molar-refractivity contribution in [3.8, 4) is 28.0 Å². The quantitative estimate of drug-likeness (QED) is 0.327. The van der Waals surface area contributed by atoms with Gasteiger partial charge in [-0.25, -0.2) is 0 Å². The molecule has 0 aromatic heterocycles. The van der Waals surface area contributed by atoms with Crippen molar-refractivity contribution in [3.63, 3.8) is 0 Å². The molecule has 0 fully saturated rings. The van der Waals surface area contributed by atoms with Crippen LogP contribution in [0.4, 0.5) is 0 Å². The fraction of sp³-hybridized carbons (Fsp3) is 0.167. The third-order valence-corrected chi connectivity index (χ3v) is 4.91. The van der Waals surface area contributed by atoms with Gasteiger partial charge < -0.3 is 9.47 Å². The second-order valence-electron chi connectivity index (χ2n) is 6.53. The normalized spacial score (nSPS) is 11.6. The van der Waals surface area contributed by atoms with E-state index < -0.39 is 0 Å². The average Bonchev–Trinajstić information content (AvgIpc) is 3.05. The summed E-state index contributed by atoms with van der Waals surface area (Å²) in [5.74, 6) is 0.900. The van der Waals surface area contributed by atoms with Gasteiger partial charge in [-0.15, -0.1) is 0 Å². The zero-order valence-electron chi connectivity index (χ0n) is 15.0. The van der Waals surface area contributed by atoms with Crippen LogP contribution >= 0.6 is 0 Å². The van der Waals surface area contributed by atoms with Crippen LogP contribution in [-0.4, -0.2) is 13.2 Å². The Labute approximate surface area is 154 Å². The van der Waals surface area contributed by atoms with E-state index in [0.717, 1.165) is 17.7 Å². The van der Waals surface area contributed by atoms with Gasteiger partial charge in [0.25, 0.3) is 0 Å². The molecule has 26 heavy (non-hydrogen) atoms. The predicted molar refractivity (Wildman–Crippen MR) is 107 cm³/mol. The first-order valence-electron chi connectivity index (χ1n) is 8.94. The molecule has 2 nitrogen and oxygen atoms in total. The Balaban J connectivity index is 1.63. The second-order valence-corrected chi connectivity index (χ2v) is 6.53. The maximum absolute atomic E-state index is 5.80. The van der Waals surface area contributed by atoms with Gasteiger partial charge in [-0.05, 0) is 64.4 Å². The van der Waals surface area contributed by atoms with E-state index in [0.29, 0.717) is 13.2 Å². The summed E-state index contributed by atoms with van der Waals surface area (Å²) < 4.78 is 10.9. The molecule has 0 spiro atoms. The molecule has 0 heterocycles. The maximum Gasteiger partial charge on any atom is 0.122 e. The highest BCUT2D eigenvalue weighted by Crippen LogP contribution is 2.41. The number of aryl methyl sites for hydroxylation is 1. The van der Waals surface area contributed by atoms with Crippen LogP contribution in [0.15, 0.2) is 73.5 Å². The average molecular weight is 342 g/mol. The van der Waals surface area contributed by atoms with Crippen LogP contribution in [0.5, 0.6) is 5.75 Å². The fourth-order valence-corrected chi connectivity index (χ4v) is 3.69. The molecule has 0 saturated carbocycles. The van der Waals surface area contributed by atoms with Gasteiger partial charge in [0.1, 0.15) is 19.0 Å². The Morgan fingerprint density at radius 2 is 1.73 bits per heavy atom. The van der Waals surface area contributed by atoms with E-state index in [9.17, 15) is 0 Å². The zero-order valence-corrected chi connectivity index (χ0v) is 15.0. The van der Waals surface area contributed by atoms with Crippen LogP contribution in [0.3, 0.4) is 0 Å². The molecule has 1 aliphatic carbocycles. The van der Waals surface area contributed by atoms with Gasteiger partial charge in [-0.3, -0.25) is 0 Å². The molecular formula is C24H22O2. The molecule has 3 aromatic rings. The summed E-state index contributed by atoms with van der Waals surface area (Å²) >= 11 is 0. The summed E-state index contributed by atoms with van der Waals surface area (Å²) in [6.45, 7) is 6.65. The molecule has 0 atom stereocenters. The van der Waals surface area contributed by atoms with Crippen LogP contribution in [0.2, 0.25) is 0 Å². The highest BCUT2D eigenvalue weighted by atomic mass is 16.5. The van der Waals surface area contributed by atoms with E-state index in [1.54, 1.807) is 0 Å². The van der Waals surface area contributed by atoms with Gasteiger partial charge in [0.15, 0.2) is 0 Å². The van der Waals surface area contributed by atoms with Crippen molar-refractivity contribution >= 4 is 0 Å². The van der Waals surface area contributed by atoms with Crippen molar-refractivity contribution in [2.24, 2.45) is 0 Å². The Morgan fingerprint density at radius 3 is 2.58 bits per heavy atom. The van der Waals surface area contributed by atoms with Crippen LogP contribution in [0.25, 0.3) is 22.3 Å². The van der Waals surface area contributed by atoms with Crippen molar-refractivity contribution < 1.29 is 9.47 Å². The van der Waals surface area contributed by atoms with E-state index >= 15 is 0 Å². The Morgan fingerprint density at radius 1 is 0.923 bits per heavy atom. The van der Waals surface area contributed by atoms with Gasteiger partial charge in [-0.2, -0.15) is 0 Å². The molecule has 0 unspecified atom stereocenters. The fourth-order valence-electron chi connectivity index (χ4n) is 3.69. The first-order valence-corrected chi connectivity index (χ1v) is 8.94. The van der Waals surface area contributed by atoms with Crippen LogP contribution in [-0.2, 0) is 11.2 Å². The summed E-state index contributed by atoms with van der Waals surface area (Å²) in [5, 5.41) is 0. The van der Waals surface area contributed by atoms with Crippen molar-refractivity contribution in [1.82, 2.24) is 0 Å². The van der Waals surface area contributed by atoms with Crippen molar-refractivity contribution in [3.05, 3.63) is 90.2 Å². The number of benzene rings is 3. The smallest absolute Gasteiger partial charge is 0.122 e. The van der Waals surface area contributed by atoms with E-state index in [4.69, 9.17) is 9.47 Å². The standard InChI is InChI=1S/C24H22O2/c1-3-25-13-14-26-24-12-11-19(15-17(24)2)21-9-6-10-22-20-8-5-4-7-18(20)16-23(21)22/h3-12,15H,1,13-14,16H2,2H3. The van der Waals surface area contributed by atoms with Gasteiger partial charge in [0, 0.05) is 0 Å². The highest BCUT2D eigenvalue weighted by Gasteiger charge is 2.21. The SMILES string of the molecule is C=COCCOc1ccc(-c2cccc3c2Cc2ccccc2-3)cc1C. The lowest BCUT2D eigenvalue weighted by Crippen LogP contribution is -2.04. The minimum Gasteiger partial charge on any atom is -0.498 e. The molecule has 0 bridgehead atoms. The topological polar surface area (TPSA) is 18.5 Å². The summed E-state index contributed by atoms with van der Waals surface area (Å²) in [4.78, 5) is 0. The molecule has 0 radical (unpaired) electrons. The van der Waals surface area contributed by atoms with Gasteiger partial charge in [0.05, 0.1) is 6.26 Å². The van der Waals surface area contributed by atoms with Gasteiger partial charge >= 0.3 is 0 Å². The third kappa shape index (κ3) is 2.99. The number of fused-ring (bicyclic) bond motifs is 3. The molecule has 0 aliphatic heterocycles. The van der Waals surface area contributed by atoms with Crippen molar-refractivity contribution in [2.75, 3.05) is 13.2 Å². The molecule has 0 amide bonds.